The first-order chi connectivity index (χ1) is 8.83. The SMILES string of the molecule is [C-]#CC(CC#C)(c1ccccc1)c1ccccc1. The van der Waals surface area contributed by atoms with Crippen molar-refractivity contribution in [1.82, 2.24) is 0 Å². The van der Waals surface area contributed by atoms with E-state index in [9.17, 15) is 0 Å². The second-order valence-corrected chi connectivity index (χ2v) is 4.14. The van der Waals surface area contributed by atoms with Gasteiger partial charge in [0.05, 0.1) is 5.41 Å². The van der Waals surface area contributed by atoms with Crippen LogP contribution in [0, 0.1) is 24.7 Å². The largest absolute Gasteiger partial charge is 0.692 e. The molecule has 2 rings (SSSR count). The van der Waals surface area contributed by atoms with Crippen molar-refractivity contribution in [3.8, 4) is 18.3 Å². The molecule has 0 unspecified atom stereocenters. The Bertz CT molecular complexity index is 540. The highest BCUT2D eigenvalue weighted by Crippen LogP contribution is 2.34. The van der Waals surface area contributed by atoms with Gasteiger partial charge in [0.1, 0.15) is 0 Å². The molecule has 2 aromatic carbocycles. The first kappa shape index (κ1) is 12.0. The van der Waals surface area contributed by atoms with Gasteiger partial charge in [0.15, 0.2) is 0 Å². The predicted octanol–water partition coefficient (Wildman–Crippen LogP) is 3.59. The minimum atomic E-state index is -0.642. The molecule has 0 radical (unpaired) electrons. The molecule has 0 aromatic heterocycles. The fraction of sp³-hybridized carbons (Fsp3) is 0.111. The molecule has 0 heterocycles. The van der Waals surface area contributed by atoms with Crippen LogP contribution in [0.15, 0.2) is 60.7 Å². The lowest BCUT2D eigenvalue weighted by Gasteiger charge is -2.32. The first-order valence-corrected chi connectivity index (χ1v) is 5.82. The van der Waals surface area contributed by atoms with Crippen LogP contribution in [0.1, 0.15) is 17.5 Å². The van der Waals surface area contributed by atoms with Crippen LogP contribution in [0.4, 0.5) is 0 Å². The quantitative estimate of drug-likeness (QED) is 0.557. The van der Waals surface area contributed by atoms with Crippen molar-refractivity contribution in [2.45, 2.75) is 11.8 Å². The molecular weight excluding hydrogens is 216 g/mol. The number of terminal acetylenes is 1. The van der Waals surface area contributed by atoms with Gasteiger partial charge in [-0.15, -0.1) is 12.3 Å². The molecule has 0 saturated carbocycles. The van der Waals surface area contributed by atoms with Crippen molar-refractivity contribution in [1.29, 1.82) is 0 Å². The second kappa shape index (κ2) is 5.26. The molecule has 0 heteroatoms. The molecule has 0 aliphatic carbocycles. The molecule has 0 aliphatic rings. The Morgan fingerprint density at radius 1 is 0.889 bits per heavy atom. The third kappa shape index (κ3) is 2.02. The fourth-order valence-corrected chi connectivity index (χ4v) is 2.16. The normalized spacial score (nSPS) is 10.3. The van der Waals surface area contributed by atoms with Crippen molar-refractivity contribution < 1.29 is 0 Å². The number of hydrogen-bond donors (Lipinski definition) is 0. The summed E-state index contributed by atoms with van der Waals surface area (Å²) in [6.45, 7) is 0. The highest BCUT2D eigenvalue weighted by atomic mass is 14.3. The Morgan fingerprint density at radius 3 is 1.67 bits per heavy atom. The fourth-order valence-electron chi connectivity index (χ4n) is 2.16. The summed E-state index contributed by atoms with van der Waals surface area (Å²) < 4.78 is 0. The summed E-state index contributed by atoms with van der Waals surface area (Å²) in [6, 6.07) is 19.7. The molecule has 18 heavy (non-hydrogen) atoms. The zero-order valence-corrected chi connectivity index (χ0v) is 10.1. The summed E-state index contributed by atoms with van der Waals surface area (Å²) in [6.07, 6.45) is 13.7. The predicted molar refractivity (Wildman–Crippen MR) is 74.2 cm³/mol. The Balaban J connectivity index is 2.63. The summed E-state index contributed by atoms with van der Waals surface area (Å²) in [4.78, 5) is 0. The van der Waals surface area contributed by atoms with Crippen LogP contribution in [0.25, 0.3) is 0 Å². The summed E-state index contributed by atoms with van der Waals surface area (Å²) in [5.74, 6) is 5.33. The molecule has 2 aromatic rings. The molecular formula is C18H13-. The van der Waals surface area contributed by atoms with Gasteiger partial charge in [-0.1, -0.05) is 60.7 Å². The lowest BCUT2D eigenvalue weighted by molar-refractivity contribution is 0.692. The van der Waals surface area contributed by atoms with Crippen molar-refractivity contribution in [2.24, 2.45) is 0 Å². The Hall–Kier alpha value is -2.44. The van der Waals surface area contributed by atoms with E-state index in [1.165, 1.54) is 0 Å². The van der Waals surface area contributed by atoms with E-state index in [1.807, 2.05) is 60.7 Å². The van der Waals surface area contributed by atoms with Gasteiger partial charge >= 0.3 is 0 Å². The maximum absolute atomic E-state index is 7.74. The molecule has 0 saturated heterocycles. The van der Waals surface area contributed by atoms with Crippen LogP contribution in [0.3, 0.4) is 0 Å². The van der Waals surface area contributed by atoms with Gasteiger partial charge in [-0.25, -0.2) is 0 Å². The van der Waals surface area contributed by atoms with Gasteiger partial charge in [0, 0.05) is 6.42 Å². The van der Waals surface area contributed by atoms with Gasteiger partial charge in [0.2, 0.25) is 0 Å². The molecule has 0 atom stereocenters. The molecule has 0 amide bonds. The molecule has 0 aliphatic heterocycles. The molecule has 0 bridgehead atoms. The smallest absolute Gasteiger partial charge is 0.0531 e. The standard InChI is InChI=1S/C18H13/c1-3-15-18(4-2,16-11-7-5-8-12-16)17-13-9-6-10-14-17/h1,5-14H,15H2/q-1. The Labute approximate surface area is 109 Å². The summed E-state index contributed by atoms with van der Waals surface area (Å²) in [7, 11) is 0. The van der Waals surface area contributed by atoms with Crippen molar-refractivity contribution >= 4 is 0 Å². The molecule has 0 nitrogen and oxygen atoms in total. The second-order valence-electron chi connectivity index (χ2n) is 4.14. The number of benzene rings is 2. The minimum Gasteiger partial charge on any atom is -0.692 e. The Kier molecular flexibility index (Phi) is 3.52. The van der Waals surface area contributed by atoms with Crippen molar-refractivity contribution in [2.75, 3.05) is 0 Å². The number of hydrogen-bond acceptors (Lipinski definition) is 0. The van der Waals surface area contributed by atoms with Gasteiger partial charge < -0.3 is 12.3 Å². The number of rotatable bonds is 3. The van der Waals surface area contributed by atoms with E-state index >= 15 is 0 Å². The van der Waals surface area contributed by atoms with E-state index in [0.29, 0.717) is 6.42 Å². The summed E-state index contributed by atoms with van der Waals surface area (Å²) in [5, 5.41) is 0. The maximum atomic E-state index is 7.74. The molecule has 0 fully saturated rings. The average Bonchev–Trinajstić information content (AvgIpc) is 2.47. The highest BCUT2D eigenvalue weighted by molar-refractivity contribution is 5.47. The monoisotopic (exact) mass is 229 g/mol. The van der Waals surface area contributed by atoms with Crippen LogP contribution >= 0.6 is 0 Å². The van der Waals surface area contributed by atoms with E-state index in [0.717, 1.165) is 11.1 Å². The Morgan fingerprint density at radius 2 is 1.33 bits per heavy atom. The van der Waals surface area contributed by atoms with Gasteiger partial charge in [-0.2, -0.15) is 0 Å². The molecule has 86 valence electrons. The lowest BCUT2D eigenvalue weighted by atomic mass is 9.73. The van der Waals surface area contributed by atoms with Crippen molar-refractivity contribution in [3.05, 3.63) is 78.2 Å². The average molecular weight is 229 g/mol. The van der Waals surface area contributed by atoms with Crippen LogP contribution in [-0.2, 0) is 5.41 Å². The van der Waals surface area contributed by atoms with E-state index < -0.39 is 5.41 Å². The zero-order chi connectivity index (χ0) is 12.8. The lowest BCUT2D eigenvalue weighted by Crippen LogP contribution is -2.25. The summed E-state index contributed by atoms with van der Waals surface area (Å²) >= 11 is 0. The summed E-state index contributed by atoms with van der Waals surface area (Å²) in [5.41, 5.74) is 1.37. The van der Waals surface area contributed by atoms with E-state index in [1.54, 1.807) is 0 Å². The highest BCUT2D eigenvalue weighted by Gasteiger charge is 2.27. The topological polar surface area (TPSA) is 0 Å². The van der Waals surface area contributed by atoms with Gasteiger partial charge in [-0.3, -0.25) is 0 Å². The first-order valence-electron chi connectivity index (χ1n) is 5.82. The van der Waals surface area contributed by atoms with Crippen LogP contribution < -0.4 is 0 Å². The van der Waals surface area contributed by atoms with Crippen molar-refractivity contribution in [3.63, 3.8) is 0 Å². The molecule has 0 N–H and O–H groups in total. The third-order valence-corrected chi connectivity index (χ3v) is 3.11. The van der Waals surface area contributed by atoms with Crippen LogP contribution in [0.5, 0.6) is 0 Å². The van der Waals surface area contributed by atoms with E-state index in [4.69, 9.17) is 12.8 Å². The van der Waals surface area contributed by atoms with Gasteiger partial charge in [0.25, 0.3) is 0 Å². The molecule has 0 spiro atoms. The zero-order valence-electron chi connectivity index (χ0n) is 10.1. The minimum absolute atomic E-state index is 0.435. The third-order valence-electron chi connectivity index (χ3n) is 3.11. The van der Waals surface area contributed by atoms with Crippen LogP contribution in [-0.4, -0.2) is 0 Å². The van der Waals surface area contributed by atoms with E-state index in [2.05, 4.69) is 11.8 Å². The van der Waals surface area contributed by atoms with Crippen LogP contribution in [0.2, 0.25) is 0 Å². The van der Waals surface area contributed by atoms with Gasteiger partial charge in [-0.05, 0) is 11.1 Å². The maximum Gasteiger partial charge on any atom is 0.0531 e. The van der Waals surface area contributed by atoms with E-state index in [-0.39, 0.29) is 0 Å².